The van der Waals surface area contributed by atoms with Crippen LogP contribution in [0.2, 0.25) is 0 Å². The fourth-order valence-electron chi connectivity index (χ4n) is 1.82. The van der Waals surface area contributed by atoms with Gasteiger partial charge in [0.1, 0.15) is 0 Å². The Morgan fingerprint density at radius 1 is 1.30 bits per heavy atom. The number of nitrogens with one attached hydrogen (secondary N) is 1. The lowest BCUT2D eigenvalue weighted by atomic mass is 10.1. The normalized spacial score (nSPS) is 11.8. The van der Waals surface area contributed by atoms with Gasteiger partial charge >= 0.3 is 0 Å². The zero-order valence-electron chi connectivity index (χ0n) is 11.1. The lowest BCUT2D eigenvalue weighted by molar-refractivity contribution is 0.581. The van der Waals surface area contributed by atoms with E-state index in [0.29, 0.717) is 5.69 Å². The zero-order valence-corrected chi connectivity index (χ0v) is 14.3. The van der Waals surface area contributed by atoms with Crippen LogP contribution in [0.3, 0.4) is 0 Å². The van der Waals surface area contributed by atoms with Crippen LogP contribution in [-0.2, 0) is 16.6 Å². The molecule has 1 aromatic carbocycles. The minimum Gasteiger partial charge on any atom is -0.399 e. The first-order valence-corrected chi connectivity index (χ1v) is 8.99. The van der Waals surface area contributed by atoms with Gasteiger partial charge in [-0.15, -0.1) is 11.3 Å². The highest BCUT2D eigenvalue weighted by molar-refractivity contribution is 9.11. The molecule has 0 saturated carbocycles. The molecule has 1 aromatic heterocycles. The quantitative estimate of drug-likeness (QED) is 0.807. The average Bonchev–Trinajstić information content (AvgIpc) is 2.77. The molecule has 20 heavy (non-hydrogen) atoms. The molecule has 2 aromatic rings. The standard InChI is InChI=1S/C13H15BrN2O2S2/c1-8-5-10(15)6-12(9(8)2)20(17,18)16-7-11-3-4-13(14)19-11/h3-6,16H,7,15H2,1-2H3. The summed E-state index contributed by atoms with van der Waals surface area (Å²) >= 11 is 4.85. The van der Waals surface area contributed by atoms with Crippen molar-refractivity contribution in [2.24, 2.45) is 0 Å². The van der Waals surface area contributed by atoms with E-state index in [0.717, 1.165) is 19.8 Å². The Balaban J connectivity index is 2.27. The second kappa shape index (κ2) is 5.85. The van der Waals surface area contributed by atoms with Gasteiger partial charge in [-0.1, -0.05) is 0 Å². The highest BCUT2D eigenvalue weighted by Crippen LogP contribution is 2.24. The maximum Gasteiger partial charge on any atom is 0.241 e. The topological polar surface area (TPSA) is 72.2 Å². The van der Waals surface area contributed by atoms with E-state index in [1.165, 1.54) is 17.4 Å². The van der Waals surface area contributed by atoms with Crippen LogP contribution in [0.4, 0.5) is 5.69 Å². The van der Waals surface area contributed by atoms with E-state index in [1.54, 1.807) is 13.0 Å². The predicted molar refractivity (Wildman–Crippen MR) is 86.4 cm³/mol. The Hall–Kier alpha value is -0.890. The average molecular weight is 375 g/mol. The number of anilines is 1. The van der Waals surface area contributed by atoms with Gasteiger partial charge in [0.25, 0.3) is 0 Å². The maximum atomic E-state index is 12.4. The van der Waals surface area contributed by atoms with E-state index >= 15 is 0 Å². The van der Waals surface area contributed by atoms with Crippen molar-refractivity contribution in [3.05, 3.63) is 44.1 Å². The SMILES string of the molecule is Cc1cc(N)cc(S(=O)(=O)NCc2ccc(Br)s2)c1C. The zero-order chi connectivity index (χ0) is 14.9. The smallest absolute Gasteiger partial charge is 0.241 e. The largest absolute Gasteiger partial charge is 0.399 e. The summed E-state index contributed by atoms with van der Waals surface area (Å²) in [6.45, 7) is 3.90. The molecule has 1 heterocycles. The van der Waals surface area contributed by atoms with Crippen molar-refractivity contribution in [3.63, 3.8) is 0 Å². The molecular weight excluding hydrogens is 360 g/mol. The highest BCUT2D eigenvalue weighted by atomic mass is 79.9. The molecule has 0 unspecified atom stereocenters. The fraction of sp³-hybridized carbons (Fsp3) is 0.231. The van der Waals surface area contributed by atoms with Crippen LogP contribution in [0.1, 0.15) is 16.0 Å². The molecule has 0 aliphatic heterocycles. The summed E-state index contributed by atoms with van der Waals surface area (Å²) < 4.78 is 28.3. The molecule has 108 valence electrons. The number of sulfonamides is 1. The highest BCUT2D eigenvalue weighted by Gasteiger charge is 2.18. The number of aryl methyl sites for hydroxylation is 1. The number of halogens is 1. The third kappa shape index (κ3) is 3.41. The van der Waals surface area contributed by atoms with E-state index in [4.69, 9.17) is 5.73 Å². The van der Waals surface area contributed by atoms with Crippen LogP contribution in [0.15, 0.2) is 32.9 Å². The van der Waals surface area contributed by atoms with Gasteiger partial charge in [-0.2, -0.15) is 0 Å². The molecule has 0 atom stereocenters. The molecule has 3 N–H and O–H groups in total. The van der Waals surface area contributed by atoms with Crippen LogP contribution in [0, 0.1) is 13.8 Å². The molecule has 2 rings (SSSR count). The third-order valence-electron chi connectivity index (χ3n) is 3.00. The number of nitrogen functional groups attached to an aromatic ring is 1. The van der Waals surface area contributed by atoms with Gasteiger partial charge in [0, 0.05) is 17.1 Å². The Bertz CT molecular complexity index is 739. The van der Waals surface area contributed by atoms with E-state index in [2.05, 4.69) is 20.7 Å². The Morgan fingerprint density at radius 2 is 2.00 bits per heavy atom. The third-order valence-corrected chi connectivity index (χ3v) is 6.15. The van der Waals surface area contributed by atoms with Crippen molar-refractivity contribution in [2.75, 3.05) is 5.73 Å². The lowest BCUT2D eigenvalue weighted by Gasteiger charge is -2.11. The number of nitrogens with two attached hydrogens (primary N) is 1. The first kappa shape index (κ1) is 15.5. The summed E-state index contributed by atoms with van der Waals surface area (Å²) in [5.74, 6) is 0. The molecule has 0 saturated heterocycles. The molecule has 0 spiro atoms. The molecule has 0 aliphatic rings. The van der Waals surface area contributed by atoms with Crippen molar-refractivity contribution in [2.45, 2.75) is 25.3 Å². The number of hydrogen-bond acceptors (Lipinski definition) is 4. The van der Waals surface area contributed by atoms with Crippen molar-refractivity contribution >= 4 is 43.0 Å². The summed E-state index contributed by atoms with van der Waals surface area (Å²) in [6.07, 6.45) is 0. The molecule has 0 aliphatic carbocycles. The van der Waals surface area contributed by atoms with Crippen LogP contribution in [-0.4, -0.2) is 8.42 Å². The van der Waals surface area contributed by atoms with Crippen LogP contribution in [0.5, 0.6) is 0 Å². The van der Waals surface area contributed by atoms with Gasteiger partial charge in [-0.3, -0.25) is 0 Å². The van der Waals surface area contributed by atoms with Gasteiger partial charge in [-0.25, -0.2) is 13.1 Å². The summed E-state index contributed by atoms with van der Waals surface area (Å²) in [7, 11) is -3.56. The maximum absolute atomic E-state index is 12.4. The molecule has 0 amide bonds. The summed E-state index contributed by atoms with van der Waals surface area (Å²) in [6, 6.07) is 7.04. The Labute approximate surface area is 131 Å². The van der Waals surface area contributed by atoms with Gasteiger partial charge < -0.3 is 5.73 Å². The minimum atomic E-state index is -3.56. The van der Waals surface area contributed by atoms with Gasteiger partial charge in [-0.05, 0) is 65.2 Å². The van der Waals surface area contributed by atoms with Crippen molar-refractivity contribution in [3.8, 4) is 0 Å². The Kier molecular flexibility index (Phi) is 4.53. The van der Waals surface area contributed by atoms with Crippen LogP contribution < -0.4 is 10.5 Å². The van der Waals surface area contributed by atoms with Crippen LogP contribution >= 0.6 is 27.3 Å². The molecule has 0 fully saturated rings. The van der Waals surface area contributed by atoms with Crippen molar-refractivity contribution < 1.29 is 8.42 Å². The molecule has 0 bridgehead atoms. The predicted octanol–water partition coefficient (Wildman–Crippen LogP) is 3.19. The second-order valence-electron chi connectivity index (χ2n) is 4.49. The molecular formula is C13H15BrN2O2S2. The van der Waals surface area contributed by atoms with Crippen molar-refractivity contribution in [1.29, 1.82) is 0 Å². The van der Waals surface area contributed by atoms with Crippen molar-refractivity contribution in [1.82, 2.24) is 4.72 Å². The van der Waals surface area contributed by atoms with Gasteiger partial charge in [0.15, 0.2) is 0 Å². The molecule has 0 radical (unpaired) electrons. The van der Waals surface area contributed by atoms with E-state index in [9.17, 15) is 8.42 Å². The number of rotatable bonds is 4. The summed E-state index contributed by atoms with van der Waals surface area (Å²) in [5, 5.41) is 0. The first-order valence-electron chi connectivity index (χ1n) is 5.90. The fourth-order valence-corrected chi connectivity index (χ4v) is 4.69. The second-order valence-corrected chi connectivity index (χ2v) is 8.77. The van der Waals surface area contributed by atoms with Gasteiger partial charge in [0.05, 0.1) is 8.68 Å². The molecule has 4 nitrogen and oxygen atoms in total. The molecule has 7 heteroatoms. The van der Waals surface area contributed by atoms with E-state index in [1.807, 2.05) is 19.1 Å². The number of hydrogen-bond donors (Lipinski definition) is 2. The Morgan fingerprint density at radius 3 is 2.60 bits per heavy atom. The lowest BCUT2D eigenvalue weighted by Crippen LogP contribution is -2.24. The summed E-state index contributed by atoms with van der Waals surface area (Å²) in [5.41, 5.74) is 7.78. The minimum absolute atomic E-state index is 0.241. The van der Waals surface area contributed by atoms with E-state index < -0.39 is 10.0 Å². The monoisotopic (exact) mass is 374 g/mol. The number of thiophene rings is 1. The number of benzene rings is 1. The van der Waals surface area contributed by atoms with Gasteiger partial charge in [0.2, 0.25) is 10.0 Å². The van der Waals surface area contributed by atoms with Crippen LogP contribution in [0.25, 0.3) is 0 Å². The van der Waals surface area contributed by atoms with E-state index in [-0.39, 0.29) is 11.4 Å². The summed E-state index contributed by atoms with van der Waals surface area (Å²) in [4.78, 5) is 1.18. The first-order chi connectivity index (χ1) is 9.29.